The van der Waals surface area contributed by atoms with Crippen LogP contribution in [0, 0.1) is 40.4 Å². The molecule has 146 valence electrons. The molecular formula is C23H42O2. The van der Waals surface area contributed by atoms with E-state index in [4.69, 9.17) is 0 Å². The van der Waals surface area contributed by atoms with Crippen molar-refractivity contribution >= 4 is 0 Å². The second-order valence-corrected chi connectivity index (χ2v) is 9.92. The molecule has 4 rings (SSSR count). The predicted octanol–water partition coefficient (Wildman–Crippen LogP) is 5.41. The van der Waals surface area contributed by atoms with E-state index < -0.39 is 0 Å². The van der Waals surface area contributed by atoms with Gasteiger partial charge in [-0.2, -0.15) is 0 Å². The molecular weight excluding hydrogens is 308 g/mol. The maximum absolute atomic E-state index is 10.1. The summed E-state index contributed by atoms with van der Waals surface area (Å²) in [6, 6.07) is 0. The average Bonchev–Trinajstić information content (AvgIpc) is 2.94. The van der Waals surface area contributed by atoms with Crippen molar-refractivity contribution in [2.75, 3.05) is 6.61 Å². The Hall–Kier alpha value is -0.0800. The van der Waals surface area contributed by atoms with Gasteiger partial charge in [0.15, 0.2) is 0 Å². The van der Waals surface area contributed by atoms with Crippen molar-refractivity contribution in [3.05, 3.63) is 0 Å². The van der Waals surface area contributed by atoms with E-state index in [1.807, 2.05) is 13.8 Å². The molecule has 2 heteroatoms. The van der Waals surface area contributed by atoms with Crippen molar-refractivity contribution < 1.29 is 10.2 Å². The van der Waals surface area contributed by atoms with Gasteiger partial charge < -0.3 is 10.2 Å². The zero-order valence-corrected chi connectivity index (χ0v) is 17.1. The van der Waals surface area contributed by atoms with Crippen molar-refractivity contribution in [2.24, 2.45) is 40.4 Å². The van der Waals surface area contributed by atoms with Crippen molar-refractivity contribution in [2.45, 2.75) is 98.0 Å². The van der Waals surface area contributed by atoms with Crippen LogP contribution in [0.1, 0.15) is 91.9 Å². The van der Waals surface area contributed by atoms with Gasteiger partial charge in [-0.1, -0.05) is 27.7 Å². The molecule has 0 saturated heterocycles. The van der Waals surface area contributed by atoms with E-state index in [2.05, 4.69) is 13.8 Å². The van der Waals surface area contributed by atoms with Gasteiger partial charge in [0.1, 0.15) is 0 Å². The Morgan fingerprint density at radius 2 is 1.52 bits per heavy atom. The lowest BCUT2D eigenvalue weighted by atomic mass is 9.44. The zero-order valence-electron chi connectivity index (χ0n) is 17.1. The summed E-state index contributed by atoms with van der Waals surface area (Å²) in [5, 5.41) is 19.6. The molecule has 8 atom stereocenters. The van der Waals surface area contributed by atoms with Crippen LogP contribution in [0.4, 0.5) is 0 Å². The first-order valence-corrected chi connectivity index (χ1v) is 11.3. The van der Waals surface area contributed by atoms with Crippen molar-refractivity contribution in [3.63, 3.8) is 0 Å². The molecule has 25 heavy (non-hydrogen) atoms. The molecule has 0 spiro atoms. The quantitative estimate of drug-likeness (QED) is 0.698. The minimum atomic E-state index is -0.0288. The minimum absolute atomic E-state index is 0.0288. The lowest BCUT2D eigenvalue weighted by Crippen LogP contribution is -2.53. The van der Waals surface area contributed by atoms with Crippen LogP contribution in [0.2, 0.25) is 0 Å². The summed E-state index contributed by atoms with van der Waals surface area (Å²) in [5.74, 6) is 4.26. The number of hydrogen-bond acceptors (Lipinski definition) is 2. The molecule has 0 heterocycles. The fourth-order valence-electron chi connectivity index (χ4n) is 7.97. The Morgan fingerprint density at radius 3 is 2.24 bits per heavy atom. The monoisotopic (exact) mass is 350 g/mol. The van der Waals surface area contributed by atoms with E-state index in [-0.39, 0.29) is 6.10 Å². The Labute approximate surface area is 155 Å². The third kappa shape index (κ3) is 3.10. The van der Waals surface area contributed by atoms with E-state index >= 15 is 0 Å². The summed E-state index contributed by atoms with van der Waals surface area (Å²) in [7, 11) is 0. The third-order valence-corrected chi connectivity index (χ3v) is 9.31. The first kappa shape index (κ1) is 19.7. The molecule has 2 nitrogen and oxygen atoms in total. The Bertz CT molecular complexity index is 449. The lowest BCUT2D eigenvalue weighted by Gasteiger charge is -2.61. The van der Waals surface area contributed by atoms with E-state index in [1.165, 1.54) is 44.9 Å². The summed E-state index contributed by atoms with van der Waals surface area (Å²) < 4.78 is 0. The van der Waals surface area contributed by atoms with E-state index in [1.54, 1.807) is 0 Å². The van der Waals surface area contributed by atoms with Gasteiger partial charge in [0.25, 0.3) is 0 Å². The Kier molecular flexibility index (Phi) is 5.91. The molecule has 4 saturated carbocycles. The van der Waals surface area contributed by atoms with Crippen LogP contribution in [-0.2, 0) is 0 Å². The first-order valence-electron chi connectivity index (χ1n) is 11.3. The van der Waals surface area contributed by atoms with Crippen LogP contribution in [-0.4, -0.2) is 22.9 Å². The highest BCUT2D eigenvalue weighted by Crippen LogP contribution is 2.67. The Morgan fingerprint density at radius 1 is 0.840 bits per heavy atom. The van der Waals surface area contributed by atoms with Crippen LogP contribution in [0.3, 0.4) is 0 Å². The van der Waals surface area contributed by atoms with Gasteiger partial charge >= 0.3 is 0 Å². The smallest absolute Gasteiger partial charge is 0.0543 e. The maximum Gasteiger partial charge on any atom is 0.0543 e. The predicted molar refractivity (Wildman–Crippen MR) is 104 cm³/mol. The molecule has 0 bridgehead atoms. The van der Waals surface area contributed by atoms with Gasteiger partial charge in [-0.25, -0.2) is 0 Å². The zero-order chi connectivity index (χ0) is 18.2. The number of rotatable bonds is 2. The fraction of sp³-hybridized carbons (Fsp3) is 1.00. The maximum atomic E-state index is 10.1. The van der Waals surface area contributed by atoms with Crippen LogP contribution in [0.25, 0.3) is 0 Å². The largest absolute Gasteiger partial charge is 0.396 e. The normalized spacial score (nSPS) is 51.6. The Balaban J connectivity index is 0.000000880. The summed E-state index contributed by atoms with van der Waals surface area (Å²) in [5.41, 5.74) is 1.000. The topological polar surface area (TPSA) is 40.5 Å². The molecule has 2 N–H and O–H groups in total. The fourth-order valence-corrected chi connectivity index (χ4v) is 7.97. The standard InChI is InChI=1S/C21H36O2.C2H6/c1-20-11-8-19-17(18(20)6-4-14(20)9-12-22)5-3-15-13-16(23)7-10-21(15,19)2;1-2/h14-19,22-23H,3-13H2,1-2H3;1-2H3. The van der Waals surface area contributed by atoms with Gasteiger partial charge in [0, 0.05) is 6.61 Å². The lowest BCUT2D eigenvalue weighted by molar-refractivity contribution is -0.127. The van der Waals surface area contributed by atoms with Gasteiger partial charge in [0.2, 0.25) is 0 Å². The summed E-state index contributed by atoms with van der Waals surface area (Å²) in [6.07, 6.45) is 12.7. The molecule has 0 aromatic rings. The molecule has 0 amide bonds. The third-order valence-electron chi connectivity index (χ3n) is 9.31. The van der Waals surface area contributed by atoms with E-state index in [9.17, 15) is 10.2 Å². The molecule has 0 aromatic heterocycles. The SMILES string of the molecule is CC.CC12CCC3C(CCC4CC(O)CCC43C)C1CCC2CCO. The number of aliphatic hydroxyl groups is 2. The van der Waals surface area contributed by atoms with E-state index in [0.29, 0.717) is 17.4 Å². The molecule has 4 aliphatic rings. The van der Waals surface area contributed by atoms with Crippen LogP contribution in [0.15, 0.2) is 0 Å². The molecule has 4 aliphatic carbocycles. The second kappa shape index (κ2) is 7.50. The second-order valence-electron chi connectivity index (χ2n) is 9.92. The highest BCUT2D eigenvalue weighted by atomic mass is 16.3. The summed E-state index contributed by atoms with van der Waals surface area (Å²) in [4.78, 5) is 0. The number of aliphatic hydroxyl groups excluding tert-OH is 2. The van der Waals surface area contributed by atoms with Gasteiger partial charge in [-0.15, -0.1) is 0 Å². The highest BCUT2D eigenvalue weighted by Gasteiger charge is 2.59. The van der Waals surface area contributed by atoms with Crippen molar-refractivity contribution in [1.82, 2.24) is 0 Å². The van der Waals surface area contributed by atoms with Crippen molar-refractivity contribution in [3.8, 4) is 0 Å². The molecule has 0 aromatic carbocycles. The summed E-state index contributed by atoms with van der Waals surface area (Å²) in [6.45, 7) is 9.50. The van der Waals surface area contributed by atoms with Crippen LogP contribution in [0.5, 0.6) is 0 Å². The highest BCUT2D eigenvalue weighted by molar-refractivity contribution is 5.09. The van der Waals surface area contributed by atoms with Crippen LogP contribution >= 0.6 is 0 Å². The van der Waals surface area contributed by atoms with Gasteiger partial charge in [-0.05, 0) is 105 Å². The van der Waals surface area contributed by atoms with Gasteiger partial charge in [-0.3, -0.25) is 0 Å². The minimum Gasteiger partial charge on any atom is -0.396 e. The van der Waals surface area contributed by atoms with Crippen molar-refractivity contribution in [1.29, 1.82) is 0 Å². The molecule has 4 fully saturated rings. The molecule has 0 radical (unpaired) electrons. The van der Waals surface area contributed by atoms with Gasteiger partial charge in [0.05, 0.1) is 6.10 Å². The average molecular weight is 351 g/mol. The molecule has 8 unspecified atom stereocenters. The molecule has 0 aliphatic heterocycles. The first-order chi connectivity index (χ1) is 12.0. The summed E-state index contributed by atoms with van der Waals surface area (Å²) >= 11 is 0. The van der Waals surface area contributed by atoms with Crippen LogP contribution < -0.4 is 0 Å². The van der Waals surface area contributed by atoms with E-state index in [0.717, 1.165) is 48.9 Å². The number of fused-ring (bicyclic) bond motifs is 5. The number of hydrogen-bond donors (Lipinski definition) is 2.